The van der Waals surface area contributed by atoms with Gasteiger partial charge in [0.25, 0.3) is 11.2 Å². The minimum atomic E-state index is -0.482. The molecule has 0 bridgehead atoms. The van der Waals surface area contributed by atoms with Crippen molar-refractivity contribution in [2.45, 2.75) is 0 Å². The number of non-ortho nitro benzene ring substituents is 1. The Labute approximate surface area is 104 Å². The van der Waals surface area contributed by atoms with Crippen LogP contribution < -0.4 is 5.56 Å². The zero-order chi connectivity index (χ0) is 12.4. The van der Waals surface area contributed by atoms with Crippen molar-refractivity contribution in [2.24, 2.45) is 0 Å². The van der Waals surface area contributed by atoms with Gasteiger partial charge in [0.1, 0.15) is 0 Å². The summed E-state index contributed by atoms with van der Waals surface area (Å²) in [6, 6.07) is 7.55. The van der Waals surface area contributed by atoms with Crippen molar-refractivity contribution in [3.63, 3.8) is 0 Å². The van der Waals surface area contributed by atoms with Crippen LogP contribution in [-0.2, 0) is 0 Å². The number of hydrogen-bond donors (Lipinski definition) is 1. The summed E-state index contributed by atoms with van der Waals surface area (Å²) in [5, 5.41) is 16.7. The summed E-state index contributed by atoms with van der Waals surface area (Å²) in [4.78, 5) is 21.2. The smallest absolute Gasteiger partial charge is 0.267 e. The molecule has 0 saturated carbocycles. The molecular weight excluding hydrogens is 290 g/mol. The minimum absolute atomic E-state index is 0.0216. The largest absolute Gasteiger partial charge is 0.278 e. The van der Waals surface area contributed by atoms with Crippen molar-refractivity contribution in [3.8, 4) is 11.3 Å². The maximum Gasteiger partial charge on any atom is 0.278 e. The molecule has 1 N–H and O–H groups in total. The van der Waals surface area contributed by atoms with E-state index in [4.69, 9.17) is 0 Å². The number of aromatic nitrogens is 2. The van der Waals surface area contributed by atoms with Crippen LogP contribution in [0.5, 0.6) is 0 Å². The molecule has 0 atom stereocenters. The molecule has 0 unspecified atom stereocenters. The number of nitrogens with zero attached hydrogens (tertiary/aromatic N) is 2. The maximum absolute atomic E-state index is 11.1. The van der Waals surface area contributed by atoms with Gasteiger partial charge in [-0.3, -0.25) is 14.9 Å². The molecule has 2 aromatic rings. The SMILES string of the molecule is O=c1[nH]nc(-c2cccc([N+](=O)[O-])c2)cc1Br. The average Bonchev–Trinajstić information content (AvgIpc) is 2.33. The summed E-state index contributed by atoms with van der Waals surface area (Å²) in [6.45, 7) is 0. The predicted octanol–water partition coefficient (Wildman–Crippen LogP) is 2.11. The lowest BCUT2D eigenvalue weighted by Crippen LogP contribution is -2.08. The second-order valence-corrected chi connectivity index (χ2v) is 4.09. The lowest BCUT2D eigenvalue weighted by molar-refractivity contribution is -0.384. The fraction of sp³-hybridized carbons (Fsp3) is 0. The van der Waals surface area contributed by atoms with E-state index in [0.29, 0.717) is 15.7 Å². The third-order valence-electron chi connectivity index (χ3n) is 2.11. The number of nitrogens with one attached hydrogen (secondary N) is 1. The normalized spacial score (nSPS) is 10.2. The van der Waals surface area contributed by atoms with Crippen molar-refractivity contribution in [1.29, 1.82) is 0 Å². The Bertz CT molecular complexity index is 639. The Hall–Kier alpha value is -2.02. The molecule has 1 heterocycles. The van der Waals surface area contributed by atoms with Crippen LogP contribution in [0.25, 0.3) is 11.3 Å². The van der Waals surface area contributed by atoms with Crippen LogP contribution in [0.1, 0.15) is 0 Å². The fourth-order valence-corrected chi connectivity index (χ4v) is 1.61. The summed E-state index contributed by atoms with van der Waals surface area (Å²) in [6.07, 6.45) is 0. The molecule has 0 saturated heterocycles. The number of H-pyrrole nitrogens is 1. The molecular formula is C10H6BrN3O3. The molecule has 86 valence electrons. The number of nitro groups is 1. The van der Waals surface area contributed by atoms with E-state index in [2.05, 4.69) is 26.1 Å². The number of aromatic amines is 1. The van der Waals surface area contributed by atoms with Crippen LogP contribution in [0.4, 0.5) is 5.69 Å². The monoisotopic (exact) mass is 295 g/mol. The molecule has 6 nitrogen and oxygen atoms in total. The van der Waals surface area contributed by atoms with E-state index in [-0.39, 0.29) is 11.2 Å². The third-order valence-corrected chi connectivity index (χ3v) is 2.70. The molecule has 0 amide bonds. The van der Waals surface area contributed by atoms with Gasteiger partial charge in [-0.25, -0.2) is 5.10 Å². The van der Waals surface area contributed by atoms with E-state index in [1.807, 2.05) is 0 Å². The third kappa shape index (κ3) is 2.39. The lowest BCUT2D eigenvalue weighted by atomic mass is 10.1. The topological polar surface area (TPSA) is 88.9 Å². The van der Waals surface area contributed by atoms with Crippen LogP contribution in [0.15, 0.2) is 39.6 Å². The van der Waals surface area contributed by atoms with E-state index in [1.165, 1.54) is 18.2 Å². The van der Waals surface area contributed by atoms with Gasteiger partial charge in [-0.2, -0.15) is 5.10 Å². The van der Waals surface area contributed by atoms with Gasteiger partial charge in [0.2, 0.25) is 0 Å². The van der Waals surface area contributed by atoms with Crippen LogP contribution in [0.2, 0.25) is 0 Å². The van der Waals surface area contributed by atoms with Crippen LogP contribution in [0.3, 0.4) is 0 Å². The highest BCUT2D eigenvalue weighted by Gasteiger charge is 2.09. The van der Waals surface area contributed by atoms with Gasteiger partial charge >= 0.3 is 0 Å². The van der Waals surface area contributed by atoms with Gasteiger partial charge in [0.05, 0.1) is 15.1 Å². The van der Waals surface area contributed by atoms with Gasteiger partial charge in [0, 0.05) is 17.7 Å². The summed E-state index contributed by atoms with van der Waals surface area (Å²) < 4.78 is 0.328. The Balaban J connectivity index is 2.52. The van der Waals surface area contributed by atoms with Crippen LogP contribution >= 0.6 is 15.9 Å². The number of hydrogen-bond acceptors (Lipinski definition) is 4. The van der Waals surface area contributed by atoms with Gasteiger partial charge < -0.3 is 0 Å². The van der Waals surface area contributed by atoms with Crippen molar-refractivity contribution in [2.75, 3.05) is 0 Å². The number of benzene rings is 1. The second kappa shape index (κ2) is 4.46. The summed E-state index contributed by atoms with van der Waals surface area (Å²) in [7, 11) is 0. The lowest BCUT2D eigenvalue weighted by Gasteiger charge is -2.00. The van der Waals surface area contributed by atoms with Crippen LogP contribution in [0, 0.1) is 10.1 Å². The first-order valence-corrected chi connectivity index (χ1v) is 5.37. The maximum atomic E-state index is 11.1. The van der Waals surface area contributed by atoms with Crippen molar-refractivity contribution < 1.29 is 4.92 Å². The van der Waals surface area contributed by atoms with Gasteiger partial charge in [-0.05, 0) is 22.0 Å². The highest BCUT2D eigenvalue weighted by molar-refractivity contribution is 9.10. The van der Waals surface area contributed by atoms with E-state index in [0.717, 1.165) is 0 Å². The number of rotatable bonds is 2. The van der Waals surface area contributed by atoms with Crippen molar-refractivity contribution in [1.82, 2.24) is 10.2 Å². The first-order valence-electron chi connectivity index (χ1n) is 4.58. The average molecular weight is 296 g/mol. The summed E-state index contributed by atoms with van der Waals surface area (Å²) in [5.41, 5.74) is 0.655. The van der Waals surface area contributed by atoms with Crippen LogP contribution in [-0.4, -0.2) is 15.1 Å². The molecule has 0 radical (unpaired) electrons. The number of nitro benzene ring substituents is 1. The molecule has 7 heteroatoms. The van der Waals surface area contributed by atoms with E-state index in [9.17, 15) is 14.9 Å². The molecule has 2 rings (SSSR count). The van der Waals surface area contributed by atoms with E-state index in [1.54, 1.807) is 12.1 Å². The highest BCUT2D eigenvalue weighted by Crippen LogP contribution is 2.22. The molecule has 0 aliphatic carbocycles. The summed E-state index contributed by atoms with van der Waals surface area (Å²) >= 11 is 3.07. The predicted molar refractivity (Wildman–Crippen MR) is 64.6 cm³/mol. The molecule has 0 aliphatic heterocycles. The van der Waals surface area contributed by atoms with Gasteiger partial charge in [-0.1, -0.05) is 12.1 Å². The first kappa shape index (κ1) is 11.5. The van der Waals surface area contributed by atoms with Crippen molar-refractivity contribution >= 4 is 21.6 Å². The molecule has 0 fully saturated rings. The minimum Gasteiger partial charge on any atom is -0.267 e. The number of halogens is 1. The Kier molecular flexibility index (Phi) is 3.01. The quantitative estimate of drug-likeness (QED) is 0.679. The molecule has 1 aromatic carbocycles. The highest BCUT2D eigenvalue weighted by atomic mass is 79.9. The Morgan fingerprint density at radius 3 is 2.76 bits per heavy atom. The molecule has 0 aliphatic rings. The van der Waals surface area contributed by atoms with Crippen molar-refractivity contribution in [3.05, 3.63) is 55.3 Å². The van der Waals surface area contributed by atoms with E-state index >= 15 is 0 Å². The fourth-order valence-electron chi connectivity index (χ4n) is 1.31. The molecule has 0 spiro atoms. The first-order chi connectivity index (χ1) is 8.08. The zero-order valence-electron chi connectivity index (χ0n) is 8.38. The molecule has 17 heavy (non-hydrogen) atoms. The van der Waals surface area contributed by atoms with Gasteiger partial charge in [-0.15, -0.1) is 0 Å². The van der Waals surface area contributed by atoms with E-state index < -0.39 is 4.92 Å². The standard InChI is InChI=1S/C10H6BrN3O3/c11-8-5-9(12-13-10(8)15)6-2-1-3-7(4-6)14(16)17/h1-5H,(H,13,15). The van der Waals surface area contributed by atoms with Gasteiger partial charge in [0.15, 0.2) is 0 Å². The Morgan fingerprint density at radius 1 is 1.35 bits per heavy atom. The summed E-state index contributed by atoms with van der Waals surface area (Å²) in [5.74, 6) is 0. The molecule has 1 aromatic heterocycles. The Morgan fingerprint density at radius 2 is 2.12 bits per heavy atom. The second-order valence-electron chi connectivity index (χ2n) is 3.24. The zero-order valence-corrected chi connectivity index (χ0v) is 9.97.